The molecule has 3 aromatic carbocycles. The zero-order chi connectivity index (χ0) is 23.5. The monoisotopic (exact) mass is 499 g/mol. The molecule has 2 N–H and O–H groups in total. The first kappa shape index (κ1) is 22.7. The van der Waals surface area contributed by atoms with E-state index < -0.39 is 11.9 Å². The summed E-state index contributed by atoms with van der Waals surface area (Å²) in [4.78, 5) is 27.5. The van der Waals surface area contributed by atoms with Gasteiger partial charge in [-0.3, -0.25) is 0 Å². The summed E-state index contributed by atoms with van der Waals surface area (Å²) in [6, 6.07) is 18.0. The SMILES string of the molecule is O=C(O)c1ccc(Cn2nc(-c3ccc(C(=O)O)cc3)s/c2=N/c2ccc(Cl)c(Cl)c2)cc1. The van der Waals surface area contributed by atoms with Gasteiger partial charge in [-0.1, -0.05) is 58.8 Å². The number of halogens is 2. The predicted octanol–water partition coefficient (Wildman–Crippen LogP) is 5.60. The molecule has 33 heavy (non-hydrogen) atoms. The largest absolute Gasteiger partial charge is 0.478 e. The van der Waals surface area contributed by atoms with Crippen LogP contribution >= 0.6 is 34.5 Å². The van der Waals surface area contributed by atoms with Crippen LogP contribution in [0.15, 0.2) is 71.7 Å². The molecule has 0 aliphatic carbocycles. The Morgan fingerprint density at radius 1 is 0.879 bits per heavy atom. The lowest BCUT2D eigenvalue weighted by Crippen LogP contribution is -2.17. The van der Waals surface area contributed by atoms with Crippen molar-refractivity contribution in [1.82, 2.24) is 9.78 Å². The van der Waals surface area contributed by atoms with Crippen molar-refractivity contribution in [2.24, 2.45) is 4.99 Å². The summed E-state index contributed by atoms with van der Waals surface area (Å²) in [6.07, 6.45) is 0. The fraction of sp³-hybridized carbons (Fsp3) is 0.0435. The van der Waals surface area contributed by atoms with Gasteiger partial charge < -0.3 is 10.2 Å². The smallest absolute Gasteiger partial charge is 0.335 e. The molecule has 7 nitrogen and oxygen atoms in total. The lowest BCUT2D eigenvalue weighted by molar-refractivity contribution is 0.0686. The second kappa shape index (κ2) is 9.58. The molecule has 1 heterocycles. The molecule has 0 fully saturated rings. The molecule has 0 bridgehead atoms. The van der Waals surface area contributed by atoms with Crippen molar-refractivity contribution < 1.29 is 19.8 Å². The highest BCUT2D eigenvalue weighted by Gasteiger charge is 2.11. The van der Waals surface area contributed by atoms with Gasteiger partial charge in [0.1, 0.15) is 5.01 Å². The van der Waals surface area contributed by atoms with Crippen molar-refractivity contribution in [2.45, 2.75) is 6.54 Å². The first-order valence-electron chi connectivity index (χ1n) is 9.54. The van der Waals surface area contributed by atoms with Crippen molar-refractivity contribution >= 4 is 52.2 Å². The molecule has 0 atom stereocenters. The van der Waals surface area contributed by atoms with Gasteiger partial charge in [0.15, 0.2) is 0 Å². The molecule has 0 amide bonds. The quantitative estimate of drug-likeness (QED) is 0.359. The predicted molar refractivity (Wildman–Crippen MR) is 127 cm³/mol. The number of carboxylic acids is 2. The Balaban J connectivity index is 1.77. The second-order valence-electron chi connectivity index (χ2n) is 6.94. The summed E-state index contributed by atoms with van der Waals surface area (Å²) in [5, 5.41) is 24.3. The number of nitrogens with zero attached hydrogens (tertiary/aromatic N) is 3. The second-order valence-corrected chi connectivity index (χ2v) is 8.71. The van der Waals surface area contributed by atoms with E-state index in [0.717, 1.165) is 11.1 Å². The third-order valence-corrected chi connectivity index (χ3v) is 6.39. The van der Waals surface area contributed by atoms with E-state index in [4.69, 9.17) is 33.4 Å². The molecule has 0 saturated carbocycles. The van der Waals surface area contributed by atoms with Crippen molar-refractivity contribution in [3.05, 3.63) is 98.3 Å². The normalized spacial score (nSPS) is 11.5. The third-order valence-electron chi connectivity index (χ3n) is 4.66. The number of aromatic carboxylic acids is 2. The van der Waals surface area contributed by atoms with E-state index in [0.29, 0.717) is 32.1 Å². The minimum absolute atomic E-state index is 0.183. The Bertz CT molecular complexity index is 1410. The van der Waals surface area contributed by atoms with Gasteiger partial charge >= 0.3 is 11.9 Å². The van der Waals surface area contributed by atoms with Gasteiger partial charge in [-0.25, -0.2) is 19.3 Å². The average Bonchev–Trinajstić information content (AvgIpc) is 3.19. The minimum atomic E-state index is -1.00. The van der Waals surface area contributed by atoms with Crippen molar-refractivity contribution in [3.8, 4) is 10.6 Å². The lowest BCUT2D eigenvalue weighted by atomic mass is 10.1. The van der Waals surface area contributed by atoms with E-state index in [2.05, 4.69) is 10.1 Å². The van der Waals surface area contributed by atoms with Crippen LogP contribution < -0.4 is 4.80 Å². The van der Waals surface area contributed by atoms with Crippen LogP contribution in [0.4, 0.5) is 5.69 Å². The van der Waals surface area contributed by atoms with Gasteiger partial charge in [0, 0.05) is 5.56 Å². The topological polar surface area (TPSA) is 105 Å². The molecule has 166 valence electrons. The van der Waals surface area contributed by atoms with Crippen LogP contribution in [-0.2, 0) is 6.54 Å². The van der Waals surface area contributed by atoms with Gasteiger partial charge in [-0.15, -0.1) is 0 Å². The highest BCUT2D eigenvalue weighted by atomic mass is 35.5. The maximum Gasteiger partial charge on any atom is 0.335 e. The zero-order valence-electron chi connectivity index (χ0n) is 16.8. The molecule has 0 unspecified atom stereocenters. The highest BCUT2D eigenvalue weighted by Crippen LogP contribution is 2.27. The highest BCUT2D eigenvalue weighted by molar-refractivity contribution is 7.12. The van der Waals surface area contributed by atoms with Gasteiger partial charge in [0.25, 0.3) is 0 Å². The number of hydrogen-bond donors (Lipinski definition) is 2. The van der Waals surface area contributed by atoms with Crippen LogP contribution in [0, 0.1) is 0 Å². The summed E-state index contributed by atoms with van der Waals surface area (Å²) in [7, 11) is 0. The molecule has 4 aromatic rings. The van der Waals surface area contributed by atoms with E-state index in [-0.39, 0.29) is 11.1 Å². The molecule has 0 aliphatic heterocycles. The molecular formula is C23H15Cl2N3O4S. The fourth-order valence-corrected chi connectivity index (χ4v) is 4.18. The summed E-state index contributed by atoms with van der Waals surface area (Å²) >= 11 is 13.5. The first-order valence-corrected chi connectivity index (χ1v) is 11.1. The van der Waals surface area contributed by atoms with Crippen molar-refractivity contribution in [1.29, 1.82) is 0 Å². The number of carbonyl (C=O) groups is 2. The Hall–Kier alpha value is -3.46. The van der Waals surface area contributed by atoms with E-state index in [1.165, 1.54) is 35.6 Å². The molecule has 0 saturated heterocycles. The average molecular weight is 500 g/mol. The summed E-state index contributed by atoms with van der Waals surface area (Å²) < 4.78 is 1.70. The minimum Gasteiger partial charge on any atom is -0.478 e. The van der Waals surface area contributed by atoms with Gasteiger partial charge in [0.2, 0.25) is 4.80 Å². The Kier molecular flexibility index (Phi) is 6.60. The Morgan fingerprint density at radius 3 is 2.06 bits per heavy atom. The fourth-order valence-electron chi connectivity index (χ4n) is 2.96. The van der Waals surface area contributed by atoms with Crippen LogP contribution in [0.3, 0.4) is 0 Å². The maximum atomic E-state index is 11.1. The van der Waals surface area contributed by atoms with Gasteiger partial charge in [-0.2, -0.15) is 5.10 Å². The molecule has 4 rings (SSSR count). The van der Waals surface area contributed by atoms with E-state index in [1.807, 2.05) is 0 Å². The van der Waals surface area contributed by atoms with Gasteiger partial charge in [0.05, 0.1) is 33.4 Å². The zero-order valence-corrected chi connectivity index (χ0v) is 19.1. The standard InChI is InChI=1S/C23H15Cl2N3O4S/c24-18-10-9-17(11-19(18)25)26-23-28(12-13-1-3-15(4-2-13)21(29)30)27-20(33-23)14-5-7-16(8-6-14)22(31)32/h1-11H,12H2,(H,29,30)(H,31,32)/b26-23+. The first-order chi connectivity index (χ1) is 15.8. The van der Waals surface area contributed by atoms with Crippen molar-refractivity contribution in [3.63, 3.8) is 0 Å². The Labute approximate surface area is 201 Å². The van der Waals surface area contributed by atoms with Crippen LogP contribution in [-0.4, -0.2) is 31.9 Å². The van der Waals surface area contributed by atoms with E-state index in [1.54, 1.807) is 47.1 Å². The Morgan fingerprint density at radius 2 is 1.48 bits per heavy atom. The molecule has 0 radical (unpaired) electrons. The van der Waals surface area contributed by atoms with Gasteiger partial charge in [-0.05, 0) is 48.0 Å². The molecule has 0 aliphatic rings. The molecule has 0 spiro atoms. The molecular weight excluding hydrogens is 485 g/mol. The van der Waals surface area contributed by atoms with Crippen LogP contribution in [0.1, 0.15) is 26.3 Å². The number of benzene rings is 3. The molecule has 1 aromatic heterocycles. The maximum absolute atomic E-state index is 11.1. The van der Waals surface area contributed by atoms with Crippen molar-refractivity contribution in [2.75, 3.05) is 0 Å². The van der Waals surface area contributed by atoms with Crippen LogP contribution in [0.5, 0.6) is 0 Å². The molecule has 10 heteroatoms. The summed E-state index contributed by atoms with van der Waals surface area (Å²) in [5.74, 6) is -2.00. The summed E-state index contributed by atoms with van der Waals surface area (Å²) in [5.41, 5.74) is 2.56. The third kappa shape index (κ3) is 5.31. The van der Waals surface area contributed by atoms with Crippen LogP contribution in [0.25, 0.3) is 10.6 Å². The summed E-state index contributed by atoms with van der Waals surface area (Å²) in [6.45, 7) is 0.351. The number of hydrogen-bond acceptors (Lipinski definition) is 5. The lowest BCUT2D eigenvalue weighted by Gasteiger charge is -2.03. The number of aromatic nitrogens is 2. The van der Waals surface area contributed by atoms with Crippen LogP contribution in [0.2, 0.25) is 10.0 Å². The van der Waals surface area contributed by atoms with E-state index >= 15 is 0 Å². The number of rotatable bonds is 6. The number of carboxylic acid groups (broad SMARTS) is 2. The van der Waals surface area contributed by atoms with E-state index in [9.17, 15) is 9.59 Å².